The van der Waals surface area contributed by atoms with Crippen LogP contribution in [0.2, 0.25) is 0 Å². The molecule has 0 aliphatic rings. The van der Waals surface area contributed by atoms with Gasteiger partial charge in [0.05, 0.1) is 19.2 Å². The molecule has 0 aliphatic carbocycles. The number of carbonyl (C=O) groups excluding carboxylic acids is 1. The molecule has 0 bridgehead atoms. The Labute approximate surface area is 119 Å². The fourth-order valence-corrected chi connectivity index (χ4v) is 2.17. The van der Waals surface area contributed by atoms with Gasteiger partial charge in [0.1, 0.15) is 0 Å². The first kappa shape index (κ1) is 14.5. The molecule has 0 amide bonds. The van der Waals surface area contributed by atoms with E-state index in [1.807, 2.05) is 24.3 Å². The minimum atomic E-state index is -0.216. The zero-order valence-electron chi connectivity index (χ0n) is 12.2. The Balaban J connectivity index is 2.26. The van der Waals surface area contributed by atoms with Crippen LogP contribution < -0.4 is 0 Å². The number of ether oxygens (including phenoxy) is 1. The normalized spacial score (nSPS) is 11.2. The van der Waals surface area contributed by atoms with E-state index >= 15 is 0 Å². The lowest BCUT2D eigenvalue weighted by atomic mass is 10.1. The van der Waals surface area contributed by atoms with Gasteiger partial charge in [-0.25, -0.2) is 0 Å². The fraction of sp³-hybridized carbons (Fsp3) is 0.375. The highest BCUT2D eigenvalue weighted by molar-refractivity contribution is 5.81. The third-order valence-corrected chi connectivity index (χ3v) is 3.38. The number of benzene rings is 1. The molecule has 106 valence electrons. The molecule has 4 nitrogen and oxygen atoms in total. The Bertz CT molecular complexity index is 591. The van der Waals surface area contributed by atoms with Gasteiger partial charge in [0.25, 0.3) is 0 Å². The van der Waals surface area contributed by atoms with E-state index in [0.717, 1.165) is 16.5 Å². The molecule has 0 fully saturated rings. The predicted molar refractivity (Wildman–Crippen MR) is 79.3 cm³/mol. The largest absolute Gasteiger partial charge is 0.468 e. The summed E-state index contributed by atoms with van der Waals surface area (Å²) >= 11 is 0. The van der Waals surface area contributed by atoms with E-state index in [0.29, 0.717) is 6.54 Å². The Morgan fingerprint density at radius 1 is 1.30 bits per heavy atom. The van der Waals surface area contributed by atoms with Gasteiger partial charge in [0, 0.05) is 24.2 Å². The van der Waals surface area contributed by atoms with E-state index in [-0.39, 0.29) is 18.6 Å². The first-order valence-electron chi connectivity index (χ1n) is 6.75. The molecule has 0 saturated heterocycles. The summed E-state index contributed by atoms with van der Waals surface area (Å²) < 4.78 is 4.76. The summed E-state index contributed by atoms with van der Waals surface area (Å²) in [6.07, 6.45) is 1.80. The maximum Gasteiger partial charge on any atom is 0.319 e. The number of rotatable bonds is 5. The second kappa shape index (κ2) is 6.48. The van der Waals surface area contributed by atoms with Crippen molar-refractivity contribution in [2.75, 3.05) is 13.7 Å². The van der Waals surface area contributed by atoms with Crippen LogP contribution in [0.5, 0.6) is 0 Å². The Morgan fingerprint density at radius 2 is 2.05 bits per heavy atom. The van der Waals surface area contributed by atoms with Crippen LogP contribution in [-0.2, 0) is 16.1 Å². The lowest BCUT2D eigenvalue weighted by Crippen LogP contribution is -2.35. The number of hydrogen-bond donors (Lipinski definition) is 0. The highest BCUT2D eigenvalue weighted by atomic mass is 16.5. The molecule has 2 aromatic rings. The lowest BCUT2D eigenvalue weighted by Gasteiger charge is -2.25. The Morgan fingerprint density at radius 3 is 2.75 bits per heavy atom. The number of hydrogen-bond acceptors (Lipinski definition) is 4. The number of carbonyl (C=O) groups is 1. The number of fused-ring (bicyclic) bond motifs is 1. The highest BCUT2D eigenvalue weighted by Gasteiger charge is 2.16. The van der Waals surface area contributed by atoms with Crippen molar-refractivity contribution in [2.45, 2.75) is 26.4 Å². The maximum atomic E-state index is 11.5. The van der Waals surface area contributed by atoms with Crippen molar-refractivity contribution in [3.8, 4) is 0 Å². The second-order valence-corrected chi connectivity index (χ2v) is 5.07. The van der Waals surface area contributed by atoms with Crippen molar-refractivity contribution >= 4 is 16.9 Å². The minimum absolute atomic E-state index is 0.216. The zero-order chi connectivity index (χ0) is 14.5. The topological polar surface area (TPSA) is 42.4 Å². The van der Waals surface area contributed by atoms with E-state index in [9.17, 15) is 4.79 Å². The van der Waals surface area contributed by atoms with E-state index in [1.165, 1.54) is 7.11 Å². The molecule has 0 unspecified atom stereocenters. The molecule has 4 heteroatoms. The summed E-state index contributed by atoms with van der Waals surface area (Å²) in [5, 5.41) is 1.12. The second-order valence-electron chi connectivity index (χ2n) is 5.07. The van der Waals surface area contributed by atoms with Gasteiger partial charge in [-0.3, -0.25) is 14.7 Å². The van der Waals surface area contributed by atoms with Gasteiger partial charge in [0.2, 0.25) is 0 Å². The maximum absolute atomic E-state index is 11.5. The monoisotopic (exact) mass is 272 g/mol. The molecule has 0 atom stereocenters. The Hall–Kier alpha value is -1.94. The van der Waals surface area contributed by atoms with Crippen molar-refractivity contribution in [3.05, 3.63) is 42.1 Å². The van der Waals surface area contributed by atoms with Crippen molar-refractivity contribution < 1.29 is 9.53 Å². The smallest absolute Gasteiger partial charge is 0.319 e. The van der Waals surface area contributed by atoms with Crippen LogP contribution in [0.1, 0.15) is 19.4 Å². The summed E-state index contributed by atoms with van der Waals surface area (Å²) in [5.74, 6) is -0.216. The lowest BCUT2D eigenvalue weighted by molar-refractivity contribution is -0.142. The van der Waals surface area contributed by atoms with E-state index < -0.39 is 0 Å². The first-order valence-corrected chi connectivity index (χ1v) is 6.75. The molecule has 20 heavy (non-hydrogen) atoms. The highest BCUT2D eigenvalue weighted by Crippen LogP contribution is 2.18. The summed E-state index contributed by atoms with van der Waals surface area (Å²) in [5.41, 5.74) is 2.12. The van der Waals surface area contributed by atoms with E-state index in [4.69, 9.17) is 4.74 Å². The van der Waals surface area contributed by atoms with Crippen molar-refractivity contribution in [1.82, 2.24) is 9.88 Å². The number of pyridine rings is 1. The van der Waals surface area contributed by atoms with E-state index in [1.54, 1.807) is 6.20 Å². The summed E-state index contributed by atoms with van der Waals surface area (Å²) in [4.78, 5) is 18.0. The summed E-state index contributed by atoms with van der Waals surface area (Å²) in [6, 6.07) is 10.4. The zero-order valence-corrected chi connectivity index (χ0v) is 12.2. The molecule has 2 rings (SSSR count). The average molecular weight is 272 g/mol. The van der Waals surface area contributed by atoms with Gasteiger partial charge < -0.3 is 4.74 Å². The summed E-state index contributed by atoms with van der Waals surface area (Å²) in [7, 11) is 1.42. The van der Waals surface area contributed by atoms with Crippen LogP contribution in [0.25, 0.3) is 10.9 Å². The quantitative estimate of drug-likeness (QED) is 0.785. The third kappa shape index (κ3) is 3.33. The van der Waals surface area contributed by atoms with Gasteiger partial charge in [-0.15, -0.1) is 0 Å². The molecule has 0 saturated carbocycles. The van der Waals surface area contributed by atoms with Gasteiger partial charge in [-0.2, -0.15) is 0 Å². The standard InChI is InChI=1S/C16H20N2O2/c1-12(2)18(11-15(19)20-3)10-14-7-4-6-13-8-5-9-17-16(13)14/h4-9,12H,10-11H2,1-3H3. The van der Waals surface area contributed by atoms with Crippen LogP contribution in [-0.4, -0.2) is 35.5 Å². The average Bonchev–Trinajstić information content (AvgIpc) is 2.46. The van der Waals surface area contributed by atoms with Crippen LogP contribution in [0.3, 0.4) is 0 Å². The van der Waals surface area contributed by atoms with Crippen LogP contribution in [0.4, 0.5) is 0 Å². The number of methoxy groups -OCH3 is 1. The SMILES string of the molecule is COC(=O)CN(Cc1cccc2cccnc12)C(C)C. The van der Waals surface area contributed by atoms with E-state index in [2.05, 4.69) is 29.8 Å². The molecular formula is C16H20N2O2. The van der Waals surface area contributed by atoms with Crippen LogP contribution >= 0.6 is 0 Å². The molecule has 1 aromatic heterocycles. The number of nitrogens with zero attached hydrogens (tertiary/aromatic N) is 2. The number of esters is 1. The Kier molecular flexibility index (Phi) is 4.69. The van der Waals surface area contributed by atoms with Crippen molar-refractivity contribution in [1.29, 1.82) is 0 Å². The molecule has 1 heterocycles. The first-order chi connectivity index (χ1) is 9.61. The molecule has 0 aliphatic heterocycles. The fourth-order valence-electron chi connectivity index (χ4n) is 2.17. The van der Waals surface area contributed by atoms with Crippen molar-refractivity contribution in [2.24, 2.45) is 0 Å². The molecule has 0 radical (unpaired) electrons. The molecule has 1 aromatic carbocycles. The molecule has 0 spiro atoms. The number of aromatic nitrogens is 1. The number of para-hydroxylation sites is 1. The summed E-state index contributed by atoms with van der Waals surface area (Å²) in [6.45, 7) is 5.11. The van der Waals surface area contributed by atoms with Crippen molar-refractivity contribution in [3.63, 3.8) is 0 Å². The van der Waals surface area contributed by atoms with Gasteiger partial charge in [-0.05, 0) is 25.5 Å². The predicted octanol–water partition coefficient (Wildman–Crippen LogP) is 2.62. The van der Waals surface area contributed by atoms with Crippen LogP contribution in [0, 0.1) is 0 Å². The minimum Gasteiger partial charge on any atom is -0.468 e. The third-order valence-electron chi connectivity index (χ3n) is 3.38. The van der Waals surface area contributed by atoms with Gasteiger partial charge >= 0.3 is 5.97 Å². The van der Waals surface area contributed by atoms with Gasteiger partial charge in [-0.1, -0.05) is 24.3 Å². The van der Waals surface area contributed by atoms with Crippen LogP contribution in [0.15, 0.2) is 36.5 Å². The molecular weight excluding hydrogens is 252 g/mol. The molecule has 0 N–H and O–H groups in total. The van der Waals surface area contributed by atoms with Gasteiger partial charge in [0.15, 0.2) is 0 Å².